The molecule has 15 nitrogen and oxygen atoms in total. The van der Waals surface area contributed by atoms with Crippen molar-refractivity contribution in [1.82, 2.24) is 24.8 Å². The molecule has 6 spiro atoms. The van der Waals surface area contributed by atoms with Crippen molar-refractivity contribution in [3.05, 3.63) is 143 Å². The number of hydrogen-bond donors (Lipinski definition) is 3. The van der Waals surface area contributed by atoms with Gasteiger partial charge in [0.25, 0.3) is 0 Å². The second-order valence-corrected chi connectivity index (χ2v) is 32.8. The van der Waals surface area contributed by atoms with E-state index < -0.39 is 0 Å². The number of hydrogen-bond acceptors (Lipinski definition) is 12. The van der Waals surface area contributed by atoms with Crippen LogP contribution in [0.4, 0.5) is 17.1 Å². The molecule has 3 aromatic rings. The van der Waals surface area contributed by atoms with Gasteiger partial charge in [-0.25, -0.2) is 0 Å². The van der Waals surface area contributed by atoms with Gasteiger partial charge < -0.3 is 40.0 Å². The van der Waals surface area contributed by atoms with Gasteiger partial charge in [0.15, 0.2) is 0 Å². The highest BCUT2D eigenvalue weighted by Crippen LogP contribution is 2.71. The van der Waals surface area contributed by atoms with Crippen LogP contribution in [0.15, 0.2) is 143 Å². The van der Waals surface area contributed by atoms with Crippen LogP contribution in [0.25, 0.3) is 0 Å². The molecule has 3 aromatic heterocycles. The summed E-state index contributed by atoms with van der Waals surface area (Å²) in [6.07, 6.45) is 48.9. The lowest BCUT2D eigenvalue weighted by atomic mass is 9.58. The Kier molecular flexibility index (Phi) is 15.1. The maximum Gasteiger partial charge on any atom is 0.228 e. The van der Waals surface area contributed by atoms with Gasteiger partial charge in [-0.3, -0.25) is 34.1 Å². The van der Waals surface area contributed by atoms with E-state index in [0.717, 1.165) is 145 Å². The summed E-state index contributed by atoms with van der Waals surface area (Å²) in [7, 11) is 8.81. The molecule has 0 radical (unpaired) electrons. The van der Waals surface area contributed by atoms with E-state index in [2.05, 4.69) is 126 Å². The van der Waals surface area contributed by atoms with E-state index >= 15 is 0 Å². The van der Waals surface area contributed by atoms with Crippen LogP contribution >= 0.6 is 0 Å². The fraction of sp³-hybridized carbons (Fsp3) is 0.608. The summed E-state index contributed by atoms with van der Waals surface area (Å²) in [6, 6.07) is 12.5. The Morgan fingerprint density at radius 3 is 1.16 bits per heavy atom. The second kappa shape index (κ2) is 22.7. The Hall–Kier alpha value is -6.23. The zero-order valence-corrected chi connectivity index (χ0v) is 56.6. The number of nitrogens with one attached hydrogen (secondary N) is 3. The number of aromatic nitrogens is 3. The standard InChI is InChI=1S/2C27H35N3O2.C25H28N2O3/c2*1-25-11-10-19-15-18-6-7-21(30(2)3)16-26(18)12-13-27(19,32-26)23(25)9-8-22(25)24(31)29-20-5-4-14-28-17-20;1-23-9-8-17-13-16-4-5-19(28)14-24(16)10-11-25(17,30-24)21(23)7-6-20(23)22(29)27-18-3-2-12-26-15-18/h2*4-5,10,14-15,17,21-23H,6-9,11-13,16H2,1-3H3,(H,29,31);2-3,8,12-13,15,20-21H,4-7,9-11,14H2,1H3,(H,27,29)/t21-,22?,23+,25+,26+,27?;21-,22?,23-,25-,26-,27?;20?,21-,23-,24-,25?/m011/s1. The third-order valence-corrected chi connectivity index (χ3v) is 28.0. The van der Waals surface area contributed by atoms with Crippen molar-refractivity contribution in [3.8, 4) is 0 Å². The van der Waals surface area contributed by atoms with Crippen LogP contribution in [0.3, 0.4) is 0 Å². The van der Waals surface area contributed by atoms with Gasteiger partial charge in [0, 0.05) is 61.3 Å². The maximum atomic E-state index is 13.4. The first-order valence-electron chi connectivity index (χ1n) is 36.0. The number of anilines is 3. The number of allylic oxidation sites excluding steroid dienone is 3. The Balaban J connectivity index is 0.000000112. The fourth-order valence-electron chi connectivity index (χ4n) is 23.2. The minimum atomic E-state index is -0.374. The Bertz CT molecular complexity index is 3610. The summed E-state index contributed by atoms with van der Waals surface area (Å²) >= 11 is 0. The molecular weight excluding hydrogens is 1170 g/mol. The number of Topliss-reactive ketones (excluding diaryl/α,β-unsaturated/α-hetero) is 1. The molecule has 6 bridgehead atoms. The van der Waals surface area contributed by atoms with E-state index in [1.807, 2.05) is 36.4 Å². The lowest BCUT2D eigenvalue weighted by Crippen LogP contribution is -2.55. The average Bonchev–Trinajstić information content (AvgIpc) is 1.52. The van der Waals surface area contributed by atoms with Gasteiger partial charge in [0.1, 0.15) is 5.78 Å². The lowest BCUT2D eigenvalue weighted by Gasteiger charge is -2.54. The first-order valence-corrected chi connectivity index (χ1v) is 36.0. The van der Waals surface area contributed by atoms with Gasteiger partial charge in [-0.1, -0.05) is 57.2 Å². The molecule has 9 heterocycles. The molecule has 94 heavy (non-hydrogen) atoms. The van der Waals surface area contributed by atoms with Crippen LogP contribution in [0, 0.1) is 51.8 Å². The van der Waals surface area contributed by atoms with E-state index in [-0.39, 0.29) is 85.3 Å². The van der Waals surface area contributed by atoms with E-state index in [9.17, 15) is 19.2 Å². The molecule has 3 N–H and O–H groups in total. The number of carbonyl (C=O) groups is 4. The van der Waals surface area contributed by atoms with Crippen LogP contribution < -0.4 is 16.0 Å². The molecular formula is C79H98N8O7. The molecule has 9 aliphatic carbocycles. The average molecular weight is 1270 g/mol. The number of pyridine rings is 3. The molecule has 18 rings (SSSR count). The monoisotopic (exact) mass is 1270 g/mol. The highest BCUT2D eigenvalue weighted by molar-refractivity contribution is 5.95. The van der Waals surface area contributed by atoms with Crippen molar-refractivity contribution in [3.63, 3.8) is 0 Å². The minimum absolute atomic E-state index is 0.00582. The largest absolute Gasteiger partial charge is 0.359 e. The smallest absolute Gasteiger partial charge is 0.228 e. The number of ether oxygens (including phenoxy) is 3. The Morgan fingerprint density at radius 1 is 0.457 bits per heavy atom. The predicted molar refractivity (Wildman–Crippen MR) is 363 cm³/mol. The fourth-order valence-corrected chi connectivity index (χ4v) is 23.2. The molecule has 17 atom stereocenters. The predicted octanol–water partition coefficient (Wildman–Crippen LogP) is 13.8. The third-order valence-electron chi connectivity index (χ3n) is 28.0. The third kappa shape index (κ3) is 9.57. The van der Waals surface area contributed by atoms with Gasteiger partial charge in [0.05, 0.1) is 69.3 Å². The van der Waals surface area contributed by atoms with Gasteiger partial charge in [-0.2, -0.15) is 0 Å². The lowest BCUT2D eigenvalue weighted by molar-refractivity contribution is -0.150. The van der Waals surface area contributed by atoms with Gasteiger partial charge in [-0.05, 0) is 273 Å². The first kappa shape index (κ1) is 62.6. The number of ketones is 1. The molecule has 3 amide bonds. The maximum absolute atomic E-state index is 13.4. The van der Waals surface area contributed by atoms with E-state index in [0.29, 0.717) is 48.5 Å². The van der Waals surface area contributed by atoms with Crippen molar-refractivity contribution in [2.24, 2.45) is 51.8 Å². The topological polar surface area (TPSA) is 177 Å². The second-order valence-electron chi connectivity index (χ2n) is 32.8. The van der Waals surface area contributed by atoms with Crippen molar-refractivity contribution >= 4 is 40.6 Å². The number of carbonyl (C=O) groups excluding carboxylic acids is 4. The van der Waals surface area contributed by atoms with Gasteiger partial charge in [0.2, 0.25) is 17.7 Å². The Labute approximate surface area is 556 Å². The van der Waals surface area contributed by atoms with Gasteiger partial charge >= 0.3 is 0 Å². The molecule has 15 heteroatoms. The van der Waals surface area contributed by atoms with Crippen LogP contribution in [0.5, 0.6) is 0 Å². The molecule has 6 saturated carbocycles. The summed E-state index contributed by atoms with van der Waals surface area (Å²) in [5.74, 6) is 1.77. The molecule has 15 aliphatic rings. The van der Waals surface area contributed by atoms with E-state index in [1.54, 1.807) is 37.2 Å². The number of nitrogens with zero attached hydrogens (tertiary/aromatic N) is 5. The van der Waals surface area contributed by atoms with Crippen LogP contribution in [-0.2, 0) is 33.4 Å². The highest BCUT2D eigenvalue weighted by atomic mass is 16.5. The summed E-state index contributed by atoms with van der Waals surface area (Å²) in [6.45, 7) is 6.97. The quantitative estimate of drug-likeness (QED) is 0.195. The van der Waals surface area contributed by atoms with Gasteiger partial charge in [-0.15, -0.1) is 0 Å². The SMILES string of the molecule is CN(C)[C@@H]1CCC2=CC3=CC[C@]4(C)C(C(=O)Nc5cccnc5)CC[C@H]4C34CC[C@]2(C1)O4.CN(C)[C@H]1CCC2=CC3=CC[C@]4(C)C(C(=O)Nc5cccnc5)CC[C@H]4C34CC[C@]2(C1)O4.C[C@]12CC=C3C=C4CCC(=O)C[C@]45CCC3(O5)[C@@H]1CCC2C(=O)Nc1cccnc1. The van der Waals surface area contributed by atoms with Crippen LogP contribution in [0.1, 0.15) is 175 Å². The summed E-state index contributed by atoms with van der Waals surface area (Å²) in [5, 5.41) is 9.36. The molecule has 6 aliphatic heterocycles. The van der Waals surface area contributed by atoms with Crippen molar-refractivity contribution < 1.29 is 33.4 Å². The van der Waals surface area contributed by atoms with E-state index in [4.69, 9.17) is 14.2 Å². The highest BCUT2D eigenvalue weighted by Gasteiger charge is 2.71. The molecule has 3 saturated heterocycles. The summed E-state index contributed by atoms with van der Waals surface area (Å²) < 4.78 is 21.5. The summed E-state index contributed by atoms with van der Waals surface area (Å²) in [4.78, 5) is 69.4. The molecule has 0 aromatic carbocycles. The Morgan fingerprint density at radius 2 is 0.809 bits per heavy atom. The number of fused-ring (bicyclic) bond motifs is 3. The van der Waals surface area contributed by atoms with Crippen LogP contribution in [-0.4, -0.2) is 122 Å². The van der Waals surface area contributed by atoms with E-state index in [1.165, 1.54) is 46.3 Å². The number of amides is 3. The van der Waals surface area contributed by atoms with Crippen LogP contribution in [0.2, 0.25) is 0 Å². The zero-order valence-electron chi connectivity index (χ0n) is 56.6. The van der Waals surface area contributed by atoms with Crippen molar-refractivity contribution in [2.45, 2.75) is 221 Å². The minimum Gasteiger partial charge on any atom is -0.359 e. The zero-order chi connectivity index (χ0) is 64.8. The molecule has 9 fully saturated rings. The molecule has 496 valence electrons. The normalized spacial score (nSPS) is 41.7. The van der Waals surface area contributed by atoms with Crippen molar-refractivity contribution in [2.75, 3.05) is 44.1 Å². The summed E-state index contributed by atoms with van der Waals surface area (Å²) in [5.41, 5.74) is 9.32. The number of rotatable bonds is 8. The first-order chi connectivity index (χ1) is 45.2. The molecule has 6 unspecified atom stereocenters. The van der Waals surface area contributed by atoms with Crippen molar-refractivity contribution in [1.29, 1.82) is 0 Å².